The second-order valence-electron chi connectivity index (χ2n) is 6.74. The maximum absolute atomic E-state index is 12.4. The highest BCUT2D eigenvalue weighted by Gasteiger charge is 2.31. The maximum atomic E-state index is 12.4. The quantitative estimate of drug-likeness (QED) is 0.833. The number of ether oxygens (including phenoxy) is 1. The van der Waals surface area contributed by atoms with Gasteiger partial charge in [0.05, 0.1) is 6.10 Å². The molecule has 0 bridgehead atoms. The van der Waals surface area contributed by atoms with Crippen molar-refractivity contribution < 1.29 is 14.6 Å². The molecular formula is C18H26ClNO3. The molecule has 1 atom stereocenters. The zero-order valence-corrected chi connectivity index (χ0v) is 14.6. The molecule has 0 heterocycles. The lowest BCUT2D eigenvalue weighted by atomic mass is 9.85. The molecule has 1 amide bonds. The summed E-state index contributed by atoms with van der Waals surface area (Å²) in [5.74, 6) is 0.647. The summed E-state index contributed by atoms with van der Waals surface area (Å²) in [4.78, 5) is 12.4. The van der Waals surface area contributed by atoms with Gasteiger partial charge in [-0.3, -0.25) is 4.79 Å². The second kappa shape index (κ2) is 8.02. The Hall–Kier alpha value is -1.26. The Balaban J connectivity index is 1.84. The molecule has 2 N–H and O–H groups in total. The minimum absolute atomic E-state index is 0.234. The van der Waals surface area contributed by atoms with Crippen LogP contribution < -0.4 is 10.1 Å². The van der Waals surface area contributed by atoms with Crippen molar-refractivity contribution in [1.29, 1.82) is 0 Å². The Labute approximate surface area is 143 Å². The van der Waals surface area contributed by atoms with E-state index in [-0.39, 0.29) is 12.5 Å². The summed E-state index contributed by atoms with van der Waals surface area (Å²) in [6.07, 6.45) is 5.19. The Bertz CT molecular complexity index is 510. The molecule has 0 saturated heterocycles. The highest BCUT2D eigenvalue weighted by Crippen LogP contribution is 2.26. The van der Waals surface area contributed by atoms with Gasteiger partial charge in [0.15, 0.2) is 5.60 Å². The van der Waals surface area contributed by atoms with Gasteiger partial charge in [-0.05, 0) is 56.9 Å². The van der Waals surface area contributed by atoms with Crippen LogP contribution in [0.2, 0.25) is 5.02 Å². The van der Waals surface area contributed by atoms with Crippen molar-refractivity contribution in [2.45, 2.75) is 57.7 Å². The van der Waals surface area contributed by atoms with Crippen LogP contribution in [0.4, 0.5) is 0 Å². The molecule has 0 spiro atoms. The van der Waals surface area contributed by atoms with Crippen LogP contribution in [0.25, 0.3) is 0 Å². The van der Waals surface area contributed by atoms with Crippen LogP contribution in [0.15, 0.2) is 24.3 Å². The third-order valence-electron chi connectivity index (χ3n) is 4.40. The third-order valence-corrected chi connectivity index (χ3v) is 4.65. The molecule has 1 aromatic rings. The van der Waals surface area contributed by atoms with Gasteiger partial charge < -0.3 is 15.2 Å². The van der Waals surface area contributed by atoms with Gasteiger partial charge in [0.2, 0.25) is 0 Å². The lowest BCUT2D eigenvalue weighted by Crippen LogP contribution is -2.49. The lowest BCUT2D eigenvalue weighted by molar-refractivity contribution is -0.134. The number of carbonyl (C=O) groups is 1. The Morgan fingerprint density at radius 3 is 2.52 bits per heavy atom. The van der Waals surface area contributed by atoms with Crippen LogP contribution in [0.3, 0.4) is 0 Å². The molecule has 128 valence electrons. The van der Waals surface area contributed by atoms with E-state index >= 15 is 0 Å². The van der Waals surface area contributed by atoms with Crippen LogP contribution in [0, 0.1) is 5.92 Å². The second-order valence-corrected chi connectivity index (χ2v) is 7.18. The Kier molecular flexibility index (Phi) is 6.31. The number of aliphatic hydroxyl groups is 1. The molecule has 2 rings (SSSR count). The summed E-state index contributed by atoms with van der Waals surface area (Å²) >= 11 is 5.84. The number of nitrogens with one attached hydrogen (secondary N) is 1. The number of hydrogen-bond acceptors (Lipinski definition) is 3. The monoisotopic (exact) mass is 339 g/mol. The van der Waals surface area contributed by atoms with Crippen LogP contribution in [-0.4, -0.2) is 29.3 Å². The van der Waals surface area contributed by atoms with E-state index in [1.165, 1.54) is 19.3 Å². The fourth-order valence-corrected chi connectivity index (χ4v) is 3.07. The standard InChI is InChI=1S/C18H26ClNO3/c1-18(2,23-15-10-8-14(19)9-11-15)17(22)20-12-16(21)13-6-4-3-5-7-13/h8-11,13,16,21H,3-7,12H2,1-2H3,(H,20,22). The first-order chi connectivity index (χ1) is 10.9. The molecule has 0 radical (unpaired) electrons. The lowest BCUT2D eigenvalue weighted by Gasteiger charge is -2.29. The van der Waals surface area contributed by atoms with Crippen molar-refractivity contribution >= 4 is 17.5 Å². The summed E-state index contributed by atoms with van der Waals surface area (Å²) in [5, 5.41) is 13.7. The van der Waals surface area contributed by atoms with Crippen LogP contribution >= 0.6 is 11.6 Å². The van der Waals surface area contributed by atoms with E-state index in [9.17, 15) is 9.90 Å². The first kappa shape index (κ1) is 18.1. The number of carbonyl (C=O) groups excluding carboxylic acids is 1. The fraction of sp³-hybridized carbons (Fsp3) is 0.611. The van der Waals surface area contributed by atoms with E-state index in [4.69, 9.17) is 16.3 Å². The molecule has 1 fully saturated rings. The molecule has 1 aliphatic carbocycles. The Morgan fingerprint density at radius 1 is 1.30 bits per heavy atom. The minimum Gasteiger partial charge on any atom is -0.478 e. The van der Waals surface area contributed by atoms with Crippen molar-refractivity contribution in [1.82, 2.24) is 5.32 Å². The van der Waals surface area contributed by atoms with Crippen molar-refractivity contribution in [3.05, 3.63) is 29.3 Å². The molecule has 1 unspecified atom stereocenters. The summed E-state index contributed by atoms with van der Waals surface area (Å²) in [7, 11) is 0. The number of hydrogen-bond donors (Lipinski definition) is 2. The normalized spacial score (nSPS) is 17.6. The van der Waals surface area contributed by atoms with E-state index in [0.29, 0.717) is 16.7 Å². The fourth-order valence-electron chi connectivity index (χ4n) is 2.94. The number of rotatable bonds is 6. The molecule has 4 nitrogen and oxygen atoms in total. The zero-order chi connectivity index (χ0) is 16.9. The van der Waals surface area contributed by atoms with E-state index in [2.05, 4.69) is 5.32 Å². The number of amides is 1. The molecule has 0 aromatic heterocycles. The average Bonchev–Trinajstić information content (AvgIpc) is 2.55. The van der Waals surface area contributed by atoms with Gasteiger partial charge in [-0.25, -0.2) is 0 Å². The van der Waals surface area contributed by atoms with Gasteiger partial charge in [-0.15, -0.1) is 0 Å². The molecular weight excluding hydrogens is 314 g/mol. The van der Waals surface area contributed by atoms with Gasteiger partial charge >= 0.3 is 0 Å². The molecule has 0 aliphatic heterocycles. The van der Waals surface area contributed by atoms with E-state index < -0.39 is 11.7 Å². The van der Waals surface area contributed by atoms with Crippen molar-refractivity contribution in [2.24, 2.45) is 5.92 Å². The topological polar surface area (TPSA) is 58.6 Å². The SMILES string of the molecule is CC(C)(Oc1ccc(Cl)cc1)C(=O)NCC(O)C1CCCCC1. The summed E-state index contributed by atoms with van der Waals surface area (Å²) < 4.78 is 5.74. The summed E-state index contributed by atoms with van der Waals surface area (Å²) in [5.41, 5.74) is -1.01. The third kappa shape index (κ3) is 5.40. The highest BCUT2D eigenvalue weighted by molar-refractivity contribution is 6.30. The van der Waals surface area contributed by atoms with Crippen LogP contribution in [0.5, 0.6) is 5.75 Å². The predicted octanol–water partition coefficient (Wildman–Crippen LogP) is 3.55. The summed E-state index contributed by atoms with van der Waals surface area (Å²) in [6, 6.07) is 6.90. The predicted molar refractivity (Wildman–Crippen MR) is 91.8 cm³/mol. The highest BCUT2D eigenvalue weighted by atomic mass is 35.5. The molecule has 23 heavy (non-hydrogen) atoms. The largest absolute Gasteiger partial charge is 0.478 e. The van der Waals surface area contributed by atoms with Crippen molar-refractivity contribution in [2.75, 3.05) is 6.54 Å². The van der Waals surface area contributed by atoms with Gasteiger partial charge in [-0.1, -0.05) is 30.9 Å². The average molecular weight is 340 g/mol. The maximum Gasteiger partial charge on any atom is 0.263 e. The summed E-state index contributed by atoms with van der Waals surface area (Å²) in [6.45, 7) is 3.70. The van der Waals surface area contributed by atoms with Crippen molar-refractivity contribution in [3.8, 4) is 5.75 Å². The molecule has 1 aliphatic rings. The van der Waals surface area contributed by atoms with Gasteiger partial charge in [-0.2, -0.15) is 0 Å². The smallest absolute Gasteiger partial charge is 0.263 e. The minimum atomic E-state index is -1.01. The van der Waals surface area contributed by atoms with Crippen LogP contribution in [-0.2, 0) is 4.79 Å². The molecule has 1 saturated carbocycles. The van der Waals surface area contributed by atoms with E-state index in [0.717, 1.165) is 12.8 Å². The molecule has 1 aromatic carbocycles. The van der Waals surface area contributed by atoms with Gasteiger partial charge in [0, 0.05) is 11.6 Å². The number of aliphatic hydroxyl groups excluding tert-OH is 1. The van der Waals surface area contributed by atoms with E-state index in [1.807, 2.05) is 0 Å². The zero-order valence-electron chi connectivity index (χ0n) is 13.8. The van der Waals surface area contributed by atoms with Crippen LogP contribution in [0.1, 0.15) is 46.0 Å². The van der Waals surface area contributed by atoms with Gasteiger partial charge in [0.25, 0.3) is 5.91 Å². The first-order valence-corrected chi connectivity index (χ1v) is 8.67. The van der Waals surface area contributed by atoms with E-state index in [1.54, 1.807) is 38.1 Å². The Morgan fingerprint density at radius 2 is 1.91 bits per heavy atom. The number of halogens is 1. The van der Waals surface area contributed by atoms with Gasteiger partial charge in [0.1, 0.15) is 5.75 Å². The number of benzene rings is 1. The first-order valence-electron chi connectivity index (χ1n) is 8.29. The van der Waals surface area contributed by atoms with Crippen molar-refractivity contribution in [3.63, 3.8) is 0 Å². The molecule has 5 heteroatoms.